The number of nitrogens with two attached hydrogens (primary N) is 3. The van der Waals surface area contributed by atoms with E-state index in [1.165, 1.54) is 45.9 Å². The van der Waals surface area contributed by atoms with E-state index in [9.17, 15) is 48.3 Å². The number of nitrogens with one attached hydrogen (secondary N) is 7. The normalized spacial score (nSPS) is 11.7. The number of hydrogen-bond donors (Lipinski definition) is 13. The highest BCUT2D eigenvalue weighted by Gasteiger charge is 2.28. The second-order valence-corrected chi connectivity index (χ2v) is 20.2. The number of rotatable bonds is 29. The van der Waals surface area contributed by atoms with Crippen LogP contribution >= 0.6 is 33.2 Å². The number of aliphatic hydroxyl groups is 1. The molecule has 0 aliphatic rings. The quantitative estimate of drug-likeness (QED) is 0.0208. The van der Waals surface area contributed by atoms with Crippen LogP contribution in [0.5, 0.6) is 11.5 Å². The molecule has 4 rings (SSSR count). The predicted molar refractivity (Wildman–Crippen MR) is 308 cm³/mol. The molecule has 4 aromatic carbocycles. The molecule has 4 unspecified atom stereocenters. The second-order valence-electron chi connectivity index (χ2n) is 17.1. The van der Waals surface area contributed by atoms with E-state index in [1.54, 1.807) is 62.5 Å². The SMILES string of the molecule is CCO.CNCC(=O)NC(Cc1ccc(O)cc1)C(N)=O.CSSCC(NC(=O)CCc1ccc(Cl)cc1)C(=O)NC(Cc1ccc(O)cc1)C(=O)NCC(=O)NC(CCCCN)C(=O)NCC=O.Cc1ccc(C(N)=O)cc1. The number of aromatic hydroxyl groups is 2. The largest absolute Gasteiger partial charge is 0.508 e. The van der Waals surface area contributed by atoms with Crippen LogP contribution in [0.3, 0.4) is 0 Å². The lowest BCUT2D eigenvalue weighted by atomic mass is 10.0. The molecule has 432 valence electrons. The van der Waals surface area contributed by atoms with Crippen molar-refractivity contribution in [2.24, 2.45) is 17.2 Å². The molecule has 8 amide bonds. The van der Waals surface area contributed by atoms with E-state index in [0.717, 1.165) is 16.7 Å². The minimum absolute atomic E-state index is 0.0161. The monoisotopic (exact) mass is 1150 g/mol. The van der Waals surface area contributed by atoms with Gasteiger partial charge in [0.15, 0.2) is 0 Å². The highest BCUT2D eigenvalue weighted by molar-refractivity contribution is 8.76. The van der Waals surface area contributed by atoms with Gasteiger partial charge in [-0.1, -0.05) is 87.3 Å². The molecule has 4 aromatic rings. The summed E-state index contributed by atoms with van der Waals surface area (Å²) in [5.41, 5.74) is 19.8. The van der Waals surface area contributed by atoms with E-state index < -0.39 is 60.2 Å². The Morgan fingerprint density at radius 2 is 1.15 bits per heavy atom. The van der Waals surface area contributed by atoms with Crippen LogP contribution in [-0.2, 0) is 57.6 Å². The van der Waals surface area contributed by atoms with Gasteiger partial charge in [-0.05, 0) is 125 Å². The van der Waals surface area contributed by atoms with Crippen molar-refractivity contribution in [2.45, 2.75) is 83.0 Å². The Morgan fingerprint density at radius 1 is 0.646 bits per heavy atom. The Hall–Kier alpha value is -7.22. The van der Waals surface area contributed by atoms with Gasteiger partial charge in [-0.2, -0.15) is 0 Å². The summed E-state index contributed by atoms with van der Waals surface area (Å²) in [6.07, 6.45) is 4.70. The number of aryl methyl sites for hydroxylation is 2. The molecule has 0 saturated carbocycles. The summed E-state index contributed by atoms with van der Waals surface area (Å²) in [5.74, 6) is -3.67. The number of hydrogen-bond acceptors (Lipinski definition) is 16. The zero-order chi connectivity index (χ0) is 59.1. The Kier molecular flexibility index (Phi) is 36.1. The van der Waals surface area contributed by atoms with E-state index in [2.05, 4.69) is 37.2 Å². The Morgan fingerprint density at radius 3 is 1.66 bits per heavy atom. The van der Waals surface area contributed by atoms with Crippen LogP contribution in [0.1, 0.15) is 65.2 Å². The summed E-state index contributed by atoms with van der Waals surface area (Å²) in [7, 11) is 4.42. The van der Waals surface area contributed by atoms with Crippen LogP contribution in [0, 0.1) is 6.92 Å². The third kappa shape index (κ3) is 31.7. The average Bonchev–Trinajstić information content (AvgIpc) is 3.41. The van der Waals surface area contributed by atoms with Crippen molar-refractivity contribution in [3.63, 3.8) is 0 Å². The van der Waals surface area contributed by atoms with Crippen molar-refractivity contribution < 1.29 is 58.5 Å². The van der Waals surface area contributed by atoms with Gasteiger partial charge in [0.05, 0.1) is 19.6 Å². The van der Waals surface area contributed by atoms with Crippen LogP contribution in [0.4, 0.5) is 0 Å². The van der Waals surface area contributed by atoms with Gasteiger partial charge in [0.1, 0.15) is 42.0 Å². The lowest BCUT2D eigenvalue weighted by molar-refractivity contribution is -0.132. The smallest absolute Gasteiger partial charge is 0.248 e. The van der Waals surface area contributed by atoms with E-state index in [-0.39, 0.29) is 73.9 Å². The maximum Gasteiger partial charge on any atom is 0.248 e. The molecule has 0 aliphatic heterocycles. The summed E-state index contributed by atoms with van der Waals surface area (Å²) in [5, 5.41) is 45.2. The number of aldehydes is 1. The zero-order valence-electron chi connectivity index (χ0n) is 44.8. The number of amides is 8. The highest BCUT2D eigenvalue weighted by Crippen LogP contribution is 2.19. The minimum Gasteiger partial charge on any atom is -0.508 e. The number of primary amides is 2. The van der Waals surface area contributed by atoms with Crippen molar-refractivity contribution in [3.05, 3.63) is 130 Å². The van der Waals surface area contributed by atoms with Gasteiger partial charge in [-0.15, -0.1) is 0 Å². The van der Waals surface area contributed by atoms with Crippen LogP contribution in [-0.4, -0.2) is 145 Å². The van der Waals surface area contributed by atoms with Crippen molar-refractivity contribution >= 4 is 86.7 Å². The fourth-order valence-corrected chi connectivity index (χ4v) is 8.07. The van der Waals surface area contributed by atoms with Crippen molar-refractivity contribution in [1.82, 2.24) is 37.2 Å². The number of benzene rings is 4. The van der Waals surface area contributed by atoms with E-state index >= 15 is 0 Å². The van der Waals surface area contributed by atoms with E-state index in [4.69, 9.17) is 39.0 Å². The highest BCUT2D eigenvalue weighted by atomic mass is 35.5. The topological polar surface area (TPSA) is 377 Å². The lowest BCUT2D eigenvalue weighted by Gasteiger charge is -2.23. The lowest BCUT2D eigenvalue weighted by Crippen LogP contribution is -2.56. The first kappa shape index (κ1) is 69.8. The van der Waals surface area contributed by atoms with Crippen LogP contribution in [0.2, 0.25) is 5.02 Å². The molecule has 25 heteroatoms. The molecule has 0 heterocycles. The predicted octanol–water partition coefficient (Wildman–Crippen LogP) is 1.46. The van der Waals surface area contributed by atoms with Gasteiger partial charge >= 0.3 is 0 Å². The summed E-state index contributed by atoms with van der Waals surface area (Å²) in [6, 6.07) is 22.9. The van der Waals surface area contributed by atoms with Gasteiger partial charge in [0, 0.05) is 42.2 Å². The van der Waals surface area contributed by atoms with E-state index in [1.807, 2.05) is 37.4 Å². The van der Waals surface area contributed by atoms with Gasteiger partial charge in [0.2, 0.25) is 47.3 Å². The molecular weight excluding hydrogens is 1080 g/mol. The summed E-state index contributed by atoms with van der Waals surface area (Å²) >= 11 is 5.94. The number of carbonyl (C=O) groups is 9. The van der Waals surface area contributed by atoms with E-state index in [0.29, 0.717) is 54.7 Å². The second kappa shape index (κ2) is 40.9. The number of aliphatic hydroxyl groups excluding tert-OH is 1. The molecule has 0 spiro atoms. The van der Waals surface area contributed by atoms with Crippen LogP contribution in [0.25, 0.3) is 0 Å². The molecule has 79 heavy (non-hydrogen) atoms. The van der Waals surface area contributed by atoms with Crippen LogP contribution < -0.4 is 54.4 Å². The fourth-order valence-electron chi connectivity index (χ4n) is 6.62. The number of unbranched alkanes of at least 4 members (excludes halogenated alkanes) is 1. The Balaban J connectivity index is 0.000000809. The maximum absolute atomic E-state index is 13.5. The first-order chi connectivity index (χ1) is 37.7. The van der Waals surface area contributed by atoms with Crippen molar-refractivity contribution in [3.8, 4) is 11.5 Å². The Labute approximate surface area is 473 Å². The molecular formula is C54H75ClN10O12S2. The number of halogens is 1. The number of phenols is 2. The molecule has 0 radical (unpaired) electrons. The first-order valence-electron chi connectivity index (χ1n) is 24.9. The summed E-state index contributed by atoms with van der Waals surface area (Å²) in [6.45, 7) is 3.72. The third-order valence-corrected chi connectivity index (χ3v) is 12.7. The fraction of sp³-hybridized carbons (Fsp3) is 0.389. The minimum atomic E-state index is -1.15. The van der Waals surface area contributed by atoms with Gasteiger partial charge in [-0.25, -0.2) is 0 Å². The number of likely N-dealkylation sites (N-methyl/N-ethyl adjacent to an activating group) is 1. The number of phenolic OH excluding ortho intramolecular Hbond substituents is 2. The molecule has 16 N–H and O–H groups in total. The van der Waals surface area contributed by atoms with Gasteiger partial charge in [-0.3, -0.25) is 38.4 Å². The summed E-state index contributed by atoms with van der Waals surface area (Å²) in [4.78, 5) is 109. The zero-order valence-corrected chi connectivity index (χ0v) is 47.1. The summed E-state index contributed by atoms with van der Waals surface area (Å²) < 4.78 is 0. The third-order valence-electron chi connectivity index (χ3n) is 10.7. The van der Waals surface area contributed by atoms with Gasteiger partial charge < -0.3 is 74.5 Å². The maximum atomic E-state index is 13.5. The van der Waals surface area contributed by atoms with Crippen molar-refractivity contribution in [2.75, 3.05) is 51.8 Å². The van der Waals surface area contributed by atoms with Crippen molar-refractivity contribution in [1.29, 1.82) is 0 Å². The molecule has 0 aromatic heterocycles. The molecule has 0 bridgehead atoms. The average molecular weight is 1160 g/mol. The molecule has 0 saturated heterocycles. The molecule has 4 atom stereocenters. The Bertz CT molecular complexity index is 2500. The first-order valence-corrected chi connectivity index (χ1v) is 28.1. The molecule has 0 aliphatic carbocycles. The number of carbonyl (C=O) groups excluding carboxylic acids is 9. The standard InChI is InChI=1S/C32H43ClN6O7S2.C12H17N3O3.C8H9NO.C2H6O/c1-47-48-20-27(38-28(42)14-9-21-5-10-23(33)11-6-21)32(46)39-26(18-22-7-12-24(41)13-8-22)31(45)36-19-29(43)37-25(4-2-3-15-34)30(44)35-16-17-40;1-14-7-11(17)15-10(12(13)18)6-8-2-4-9(16)5-3-8;1-6-2-4-7(5-3-6)8(9)10;1-2-3/h5-8,10-13,17,25-27,41H,2-4,9,14-16,18-20,34H2,1H3,(H,35,44)(H,36,45)(H,37,43)(H,38,42)(H,39,46);2-5,10,14,16H,6-7H2,1H3,(H2,13,18)(H,15,17);2-5H,1H3,(H2,9,10);3H,2H2,1H3. The molecule has 22 nitrogen and oxygen atoms in total. The van der Waals surface area contributed by atoms with Crippen LogP contribution in [0.15, 0.2) is 97.1 Å². The van der Waals surface area contributed by atoms with Gasteiger partial charge in [0.25, 0.3) is 0 Å². The molecule has 0 fully saturated rings.